The van der Waals surface area contributed by atoms with Crippen LogP contribution < -0.4 is 10.1 Å². The summed E-state index contributed by atoms with van der Waals surface area (Å²) in [5, 5.41) is 2.49. The zero-order valence-corrected chi connectivity index (χ0v) is 21.3. The highest BCUT2D eigenvalue weighted by Gasteiger charge is 2.41. The van der Waals surface area contributed by atoms with Gasteiger partial charge >= 0.3 is 5.97 Å². The van der Waals surface area contributed by atoms with Crippen molar-refractivity contribution in [2.24, 2.45) is 23.2 Å². The highest BCUT2D eigenvalue weighted by Crippen LogP contribution is 2.51. The van der Waals surface area contributed by atoms with Crippen LogP contribution >= 0.6 is 0 Å². The van der Waals surface area contributed by atoms with Crippen LogP contribution in [0.25, 0.3) is 0 Å². The SMILES string of the molecule is CC1CC2CC(C1)CC(C)(COc1cc(F)c(C(=O)NCC(=O)OC(C)(C)C)cc1C1CC1)C2. The minimum absolute atomic E-state index is 0.0507. The summed E-state index contributed by atoms with van der Waals surface area (Å²) in [5.41, 5.74) is 0.313. The van der Waals surface area contributed by atoms with E-state index in [0.29, 0.717) is 18.3 Å². The highest BCUT2D eigenvalue weighted by atomic mass is 19.1. The number of hydrogen-bond acceptors (Lipinski definition) is 4. The minimum atomic E-state index is -0.642. The second-order valence-corrected chi connectivity index (χ2v) is 12.5. The van der Waals surface area contributed by atoms with Crippen molar-refractivity contribution in [3.05, 3.63) is 29.1 Å². The molecule has 2 unspecified atom stereocenters. The normalized spacial score (nSPS) is 28.8. The fraction of sp³-hybridized carbons (Fsp3) is 0.714. The molecular formula is C28H40FNO4. The van der Waals surface area contributed by atoms with Gasteiger partial charge in [0.2, 0.25) is 0 Å². The number of ether oxygens (including phenoxy) is 2. The Morgan fingerprint density at radius 2 is 1.76 bits per heavy atom. The fourth-order valence-electron chi connectivity index (χ4n) is 6.29. The molecule has 0 heterocycles. The Morgan fingerprint density at radius 1 is 1.12 bits per heavy atom. The van der Waals surface area contributed by atoms with Crippen molar-refractivity contribution >= 4 is 11.9 Å². The van der Waals surface area contributed by atoms with Gasteiger partial charge in [-0.3, -0.25) is 9.59 Å². The molecule has 1 aromatic rings. The molecule has 1 N–H and O–H groups in total. The molecule has 3 aliphatic rings. The molecule has 0 radical (unpaired) electrons. The summed E-state index contributed by atoms with van der Waals surface area (Å²) in [6.07, 6.45) is 8.32. The van der Waals surface area contributed by atoms with Gasteiger partial charge in [0.1, 0.15) is 23.7 Å². The van der Waals surface area contributed by atoms with Gasteiger partial charge in [0.25, 0.3) is 5.91 Å². The van der Waals surface area contributed by atoms with Crippen molar-refractivity contribution in [2.45, 2.75) is 91.1 Å². The molecule has 1 aromatic carbocycles. The summed E-state index contributed by atoms with van der Waals surface area (Å²) in [5.74, 6) is 1.43. The average molecular weight is 474 g/mol. The van der Waals surface area contributed by atoms with E-state index in [1.165, 1.54) is 38.2 Å². The number of esters is 1. The Morgan fingerprint density at radius 3 is 2.35 bits per heavy atom. The predicted octanol–water partition coefficient (Wildman–Crippen LogP) is 6.01. The number of carbonyl (C=O) groups excluding carboxylic acids is 2. The minimum Gasteiger partial charge on any atom is -0.493 e. The first-order valence-electron chi connectivity index (χ1n) is 12.9. The van der Waals surface area contributed by atoms with Gasteiger partial charge in [-0.2, -0.15) is 0 Å². The third kappa shape index (κ3) is 6.31. The average Bonchev–Trinajstić information content (AvgIpc) is 3.53. The van der Waals surface area contributed by atoms with Gasteiger partial charge in [-0.05, 0) is 101 Å². The van der Waals surface area contributed by atoms with Crippen LogP contribution in [0.5, 0.6) is 5.75 Å². The fourth-order valence-corrected chi connectivity index (χ4v) is 6.29. The van der Waals surface area contributed by atoms with Gasteiger partial charge in [0.05, 0.1) is 12.2 Å². The number of rotatable bonds is 7. The molecule has 4 rings (SSSR count). The van der Waals surface area contributed by atoms with Crippen molar-refractivity contribution in [3.8, 4) is 5.75 Å². The Hall–Kier alpha value is -2.11. The first-order valence-corrected chi connectivity index (χ1v) is 12.9. The van der Waals surface area contributed by atoms with Crippen LogP contribution in [-0.4, -0.2) is 30.6 Å². The van der Waals surface area contributed by atoms with Gasteiger partial charge in [0, 0.05) is 11.5 Å². The van der Waals surface area contributed by atoms with Crippen molar-refractivity contribution < 1.29 is 23.5 Å². The molecular weight excluding hydrogens is 433 g/mol. The Labute approximate surface area is 203 Å². The lowest BCUT2D eigenvalue weighted by Gasteiger charge is -2.47. The highest BCUT2D eigenvalue weighted by molar-refractivity contribution is 5.96. The quantitative estimate of drug-likeness (QED) is 0.493. The van der Waals surface area contributed by atoms with E-state index in [1.807, 2.05) is 0 Å². The van der Waals surface area contributed by atoms with Crippen LogP contribution in [0.3, 0.4) is 0 Å². The second kappa shape index (κ2) is 9.50. The molecule has 188 valence electrons. The second-order valence-electron chi connectivity index (χ2n) is 12.5. The maximum absolute atomic E-state index is 15.0. The van der Waals surface area contributed by atoms with E-state index in [1.54, 1.807) is 26.8 Å². The first kappa shape index (κ1) is 25.0. The molecule has 3 aliphatic carbocycles. The van der Waals surface area contributed by atoms with E-state index in [-0.39, 0.29) is 17.5 Å². The van der Waals surface area contributed by atoms with Crippen molar-refractivity contribution in [1.29, 1.82) is 0 Å². The van der Waals surface area contributed by atoms with E-state index in [4.69, 9.17) is 9.47 Å². The zero-order valence-electron chi connectivity index (χ0n) is 21.3. The number of halogens is 1. The lowest BCUT2D eigenvalue weighted by atomic mass is 9.60. The molecule has 34 heavy (non-hydrogen) atoms. The number of carbonyl (C=O) groups is 2. The lowest BCUT2D eigenvalue weighted by Crippen LogP contribution is -2.39. The number of hydrogen-bond donors (Lipinski definition) is 1. The first-order chi connectivity index (χ1) is 15.9. The number of nitrogens with one attached hydrogen (secondary N) is 1. The van der Waals surface area contributed by atoms with Crippen LogP contribution in [0.2, 0.25) is 0 Å². The van der Waals surface area contributed by atoms with Crippen LogP contribution in [0.1, 0.15) is 101 Å². The molecule has 0 aromatic heterocycles. The summed E-state index contributed by atoms with van der Waals surface area (Å²) in [6.45, 7) is 10.2. The molecule has 0 spiro atoms. The van der Waals surface area contributed by atoms with Gasteiger partial charge in [0.15, 0.2) is 0 Å². The zero-order chi connectivity index (χ0) is 24.7. The molecule has 3 fully saturated rings. The van der Waals surface area contributed by atoms with E-state index in [2.05, 4.69) is 19.2 Å². The van der Waals surface area contributed by atoms with Gasteiger partial charge in [-0.15, -0.1) is 0 Å². The molecule has 5 nitrogen and oxygen atoms in total. The smallest absolute Gasteiger partial charge is 0.325 e. The van der Waals surface area contributed by atoms with Gasteiger partial charge < -0.3 is 14.8 Å². The Kier molecular flexibility index (Phi) is 6.99. The summed E-state index contributed by atoms with van der Waals surface area (Å²) in [6, 6.07) is 2.98. The van der Waals surface area contributed by atoms with Crippen LogP contribution in [0, 0.1) is 29.0 Å². The van der Waals surface area contributed by atoms with Crippen LogP contribution in [0.15, 0.2) is 12.1 Å². The van der Waals surface area contributed by atoms with Gasteiger partial charge in [-0.1, -0.05) is 13.8 Å². The Balaban J connectivity index is 1.42. The standard InChI is InChI=1S/C28H40FNO4/c1-17-8-18-10-19(9-17)14-28(5,13-18)16-33-24-12-23(29)22(11-21(24)20-6-7-20)26(32)30-15-25(31)34-27(2,3)4/h11-12,17-20H,6-10,13-16H2,1-5H3,(H,30,32). The molecule has 0 aliphatic heterocycles. The molecule has 6 heteroatoms. The van der Waals surface area contributed by atoms with Crippen molar-refractivity contribution in [3.63, 3.8) is 0 Å². The van der Waals surface area contributed by atoms with E-state index < -0.39 is 23.3 Å². The van der Waals surface area contributed by atoms with Crippen molar-refractivity contribution in [2.75, 3.05) is 13.2 Å². The molecule has 3 saturated carbocycles. The van der Waals surface area contributed by atoms with E-state index >= 15 is 0 Å². The summed E-state index contributed by atoms with van der Waals surface area (Å²) in [7, 11) is 0. The van der Waals surface area contributed by atoms with E-state index in [9.17, 15) is 14.0 Å². The molecule has 2 bridgehead atoms. The number of fused-ring (bicyclic) bond motifs is 2. The van der Waals surface area contributed by atoms with Crippen LogP contribution in [0.4, 0.5) is 4.39 Å². The third-order valence-corrected chi connectivity index (χ3v) is 7.45. The largest absolute Gasteiger partial charge is 0.493 e. The number of benzene rings is 1. The topological polar surface area (TPSA) is 64.6 Å². The molecule has 0 saturated heterocycles. The maximum Gasteiger partial charge on any atom is 0.325 e. The van der Waals surface area contributed by atoms with Crippen molar-refractivity contribution in [1.82, 2.24) is 5.32 Å². The summed E-state index contributed by atoms with van der Waals surface area (Å²) in [4.78, 5) is 24.6. The summed E-state index contributed by atoms with van der Waals surface area (Å²) < 4.78 is 26.5. The number of amides is 1. The monoisotopic (exact) mass is 473 g/mol. The lowest BCUT2D eigenvalue weighted by molar-refractivity contribution is -0.153. The molecule has 1 amide bonds. The predicted molar refractivity (Wildman–Crippen MR) is 129 cm³/mol. The maximum atomic E-state index is 15.0. The molecule has 2 atom stereocenters. The van der Waals surface area contributed by atoms with Crippen LogP contribution in [-0.2, 0) is 9.53 Å². The van der Waals surface area contributed by atoms with Gasteiger partial charge in [-0.25, -0.2) is 4.39 Å². The summed E-state index contributed by atoms with van der Waals surface area (Å²) >= 11 is 0. The third-order valence-electron chi connectivity index (χ3n) is 7.45. The Bertz CT molecular complexity index is 915. The van der Waals surface area contributed by atoms with E-state index in [0.717, 1.165) is 36.2 Å².